The molecule has 0 saturated heterocycles. The summed E-state index contributed by atoms with van der Waals surface area (Å²) in [7, 11) is 1.28. The van der Waals surface area contributed by atoms with Crippen LogP contribution in [0.15, 0.2) is 46.9 Å². The summed E-state index contributed by atoms with van der Waals surface area (Å²) in [5.74, 6) is -0.769. The molecule has 0 atom stereocenters. The van der Waals surface area contributed by atoms with Gasteiger partial charge in [0.15, 0.2) is 11.6 Å². The Balaban J connectivity index is 2.41. The van der Waals surface area contributed by atoms with Gasteiger partial charge >= 0.3 is 5.97 Å². The zero-order valence-corrected chi connectivity index (χ0v) is 11.6. The highest BCUT2D eigenvalue weighted by atomic mass is 79.9. The molecular formula is C14H10BrFO3. The maximum Gasteiger partial charge on any atom is 0.341 e. The Labute approximate surface area is 118 Å². The Kier molecular flexibility index (Phi) is 4.16. The summed E-state index contributed by atoms with van der Waals surface area (Å²) in [5.41, 5.74) is 0.231. The van der Waals surface area contributed by atoms with Gasteiger partial charge in [-0.15, -0.1) is 0 Å². The molecule has 0 aromatic heterocycles. The highest BCUT2D eigenvalue weighted by Gasteiger charge is 2.15. The molecule has 0 bridgehead atoms. The fraction of sp³-hybridized carbons (Fsp3) is 0.0714. The molecule has 98 valence electrons. The van der Waals surface area contributed by atoms with E-state index in [1.54, 1.807) is 30.3 Å². The van der Waals surface area contributed by atoms with Crippen LogP contribution in [-0.4, -0.2) is 13.1 Å². The normalized spacial score (nSPS) is 10.1. The molecule has 0 heterocycles. The van der Waals surface area contributed by atoms with Gasteiger partial charge in [0.2, 0.25) is 0 Å². The second-order valence-corrected chi connectivity index (χ2v) is 4.58. The highest BCUT2D eigenvalue weighted by molar-refractivity contribution is 9.10. The highest BCUT2D eigenvalue weighted by Crippen LogP contribution is 2.30. The Morgan fingerprint density at radius 1 is 1.16 bits per heavy atom. The van der Waals surface area contributed by atoms with E-state index in [0.717, 1.165) is 0 Å². The van der Waals surface area contributed by atoms with E-state index in [2.05, 4.69) is 20.7 Å². The van der Waals surface area contributed by atoms with Gasteiger partial charge in [0.05, 0.1) is 7.11 Å². The van der Waals surface area contributed by atoms with Gasteiger partial charge in [-0.25, -0.2) is 9.18 Å². The van der Waals surface area contributed by atoms with Crippen molar-refractivity contribution in [3.8, 4) is 11.5 Å². The second-order valence-electron chi connectivity index (χ2n) is 3.66. The predicted molar refractivity (Wildman–Crippen MR) is 72.0 cm³/mol. The fourth-order valence-electron chi connectivity index (χ4n) is 1.51. The number of carbonyl (C=O) groups excluding carboxylic acids is 1. The zero-order chi connectivity index (χ0) is 13.8. The number of ether oxygens (including phenoxy) is 2. The molecule has 19 heavy (non-hydrogen) atoms. The van der Waals surface area contributed by atoms with Crippen molar-refractivity contribution in [2.75, 3.05) is 7.11 Å². The molecule has 0 fully saturated rings. The molecule has 2 aromatic carbocycles. The van der Waals surface area contributed by atoms with Crippen molar-refractivity contribution in [1.82, 2.24) is 0 Å². The standard InChI is InChI=1S/C14H10BrFO3/c1-18-14(17)10-7-6-9(15)8-13(10)19-12-5-3-2-4-11(12)16/h2-8H,1H3. The number of hydrogen-bond donors (Lipinski definition) is 0. The molecule has 2 rings (SSSR count). The fourth-order valence-corrected chi connectivity index (χ4v) is 1.85. The number of benzene rings is 2. The number of esters is 1. The minimum Gasteiger partial charge on any atom is -0.465 e. The molecule has 0 saturated carbocycles. The van der Waals surface area contributed by atoms with Crippen molar-refractivity contribution in [1.29, 1.82) is 0 Å². The lowest BCUT2D eigenvalue weighted by atomic mass is 10.2. The van der Waals surface area contributed by atoms with Gasteiger partial charge in [-0.3, -0.25) is 0 Å². The van der Waals surface area contributed by atoms with E-state index < -0.39 is 11.8 Å². The van der Waals surface area contributed by atoms with Crippen LogP contribution in [0.25, 0.3) is 0 Å². The van der Waals surface area contributed by atoms with Gasteiger partial charge < -0.3 is 9.47 Å². The first-order chi connectivity index (χ1) is 9.11. The summed E-state index contributed by atoms with van der Waals surface area (Å²) in [4.78, 5) is 11.6. The number of rotatable bonds is 3. The van der Waals surface area contributed by atoms with E-state index in [1.807, 2.05) is 0 Å². The van der Waals surface area contributed by atoms with Crippen LogP contribution in [0.5, 0.6) is 11.5 Å². The SMILES string of the molecule is COC(=O)c1ccc(Br)cc1Oc1ccccc1F. The summed E-state index contributed by atoms with van der Waals surface area (Å²) in [6.07, 6.45) is 0. The maximum atomic E-state index is 13.5. The average Bonchev–Trinajstić information content (AvgIpc) is 2.41. The minimum absolute atomic E-state index is 0.0470. The van der Waals surface area contributed by atoms with Gasteiger partial charge in [0, 0.05) is 4.47 Å². The monoisotopic (exact) mass is 324 g/mol. The number of hydrogen-bond acceptors (Lipinski definition) is 3. The van der Waals surface area contributed by atoms with Crippen LogP contribution in [0.2, 0.25) is 0 Å². The van der Waals surface area contributed by atoms with Crippen LogP contribution in [-0.2, 0) is 4.74 Å². The number of carbonyl (C=O) groups is 1. The van der Waals surface area contributed by atoms with E-state index in [9.17, 15) is 9.18 Å². The van der Waals surface area contributed by atoms with Crippen molar-refractivity contribution in [3.63, 3.8) is 0 Å². The minimum atomic E-state index is -0.543. The second kappa shape index (κ2) is 5.84. The van der Waals surface area contributed by atoms with Gasteiger partial charge in [0.25, 0.3) is 0 Å². The molecule has 0 unspecified atom stereocenters. The van der Waals surface area contributed by atoms with E-state index in [1.165, 1.54) is 19.2 Å². The first-order valence-corrected chi connectivity index (χ1v) is 6.21. The van der Waals surface area contributed by atoms with Crippen molar-refractivity contribution in [3.05, 3.63) is 58.3 Å². The number of halogens is 2. The van der Waals surface area contributed by atoms with Crippen LogP contribution < -0.4 is 4.74 Å². The van der Waals surface area contributed by atoms with E-state index in [0.29, 0.717) is 4.47 Å². The van der Waals surface area contributed by atoms with Crippen molar-refractivity contribution in [2.45, 2.75) is 0 Å². The van der Waals surface area contributed by atoms with Crippen LogP contribution in [0.4, 0.5) is 4.39 Å². The lowest BCUT2D eigenvalue weighted by Crippen LogP contribution is -2.04. The third-order valence-electron chi connectivity index (χ3n) is 2.41. The summed E-state index contributed by atoms with van der Waals surface area (Å²) in [6.45, 7) is 0. The van der Waals surface area contributed by atoms with E-state index in [-0.39, 0.29) is 17.1 Å². The number of para-hydroxylation sites is 1. The third kappa shape index (κ3) is 3.12. The summed E-state index contributed by atoms with van der Waals surface area (Å²) >= 11 is 3.27. The first kappa shape index (κ1) is 13.5. The molecule has 0 aliphatic heterocycles. The summed E-state index contributed by atoms with van der Waals surface area (Å²) in [5, 5.41) is 0. The third-order valence-corrected chi connectivity index (χ3v) is 2.90. The Morgan fingerprint density at radius 3 is 2.58 bits per heavy atom. The molecule has 0 amide bonds. The number of methoxy groups -OCH3 is 1. The smallest absolute Gasteiger partial charge is 0.341 e. The maximum absolute atomic E-state index is 13.5. The lowest BCUT2D eigenvalue weighted by molar-refractivity contribution is 0.0598. The molecule has 0 spiro atoms. The first-order valence-electron chi connectivity index (χ1n) is 5.42. The molecule has 0 aliphatic carbocycles. The van der Waals surface area contributed by atoms with E-state index >= 15 is 0 Å². The molecule has 5 heteroatoms. The van der Waals surface area contributed by atoms with Crippen LogP contribution >= 0.6 is 15.9 Å². The van der Waals surface area contributed by atoms with Crippen molar-refractivity contribution in [2.24, 2.45) is 0 Å². The van der Waals surface area contributed by atoms with Gasteiger partial charge in [-0.1, -0.05) is 28.1 Å². The molecular weight excluding hydrogens is 315 g/mol. The van der Waals surface area contributed by atoms with Crippen molar-refractivity contribution < 1.29 is 18.7 Å². The summed E-state index contributed by atoms with van der Waals surface area (Å²) < 4.78 is 24.3. The molecule has 3 nitrogen and oxygen atoms in total. The lowest BCUT2D eigenvalue weighted by Gasteiger charge is -2.10. The molecule has 0 N–H and O–H groups in total. The Morgan fingerprint density at radius 2 is 1.89 bits per heavy atom. The molecule has 0 radical (unpaired) electrons. The van der Waals surface area contributed by atoms with Gasteiger partial charge in [0.1, 0.15) is 11.3 Å². The van der Waals surface area contributed by atoms with Crippen LogP contribution in [0, 0.1) is 5.82 Å². The Hall–Kier alpha value is -1.88. The largest absolute Gasteiger partial charge is 0.465 e. The quantitative estimate of drug-likeness (QED) is 0.795. The molecule has 2 aromatic rings. The Bertz CT molecular complexity index is 613. The molecule has 0 aliphatic rings. The topological polar surface area (TPSA) is 35.5 Å². The van der Waals surface area contributed by atoms with Crippen molar-refractivity contribution >= 4 is 21.9 Å². The van der Waals surface area contributed by atoms with E-state index in [4.69, 9.17) is 4.74 Å². The average molecular weight is 325 g/mol. The zero-order valence-electron chi connectivity index (χ0n) is 10.0. The van der Waals surface area contributed by atoms with Crippen LogP contribution in [0.3, 0.4) is 0 Å². The van der Waals surface area contributed by atoms with Gasteiger partial charge in [-0.2, -0.15) is 0 Å². The summed E-state index contributed by atoms with van der Waals surface area (Å²) in [6, 6.07) is 10.8. The van der Waals surface area contributed by atoms with Crippen LogP contribution in [0.1, 0.15) is 10.4 Å². The predicted octanol–water partition coefficient (Wildman–Crippen LogP) is 4.17. The van der Waals surface area contributed by atoms with Gasteiger partial charge in [-0.05, 0) is 30.3 Å².